The van der Waals surface area contributed by atoms with Crippen molar-refractivity contribution in [3.63, 3.8) is 0 Å². The van der Waals surface area contributed by atoms with Gasteiger partial charge in [0.2, 0.25) is 5.91 Å². The van der Waals surface area contributed by atoms with Gasteiger partial charge in [0.05, 0.1) is 12.6 Å². The number of ether oxygens (including phenoxy) is 1. The van der Waals surface area contributed by atoms with Crippen LogP contribution in [0.3, 0.4) is 0 Å². The third-order valence-corrected chi connectivity index (χ3v) is 2.23. The van der Waals surface area contributed by atoms with E-state index in [4.69, 9.17) is 10.5 Å². The van der Waals surface area contributed by atoms with Crippen LogP contribution in [0, 0.1) is 0 Å². The Morgan fingerprint density at radius 3 is 3.00 bits per heavy atom. The molecule has 1 aromatic rings. The van der Waals surface area contributed by atoms with Gasteiger partial charge in [0.15, 0.2) is 0 Å². The van der Waals surface area contributed by atoms with E-state index in [0.717, 1.165) is 5.56 Å². The van der Waals surface area contributed by atoms with Crippen molar-refractivity contribution in [2.24, 2.45) is 5.73 Å². The Morgan fingerprint density at radius 1 is 1.69 bits per heavy atom. The summed E-state index contributed by atoms with van der Waals surface area (Å²) in [5, 5.41) is 2.80. The monoisotopic (exact) mass is 223 g/mol. The number of nitrogens with zero attached hydrogens (tertiary/aromatic N) is 1. The Kier molecular flexibility index (Phi) is 4.88. The molecule has 1 heterocycles. The lowest BCUT2D eigenvalue weighted by atomic mass is 10.1. The molecule has 5 heteroatoms. The Labute approximate surface area is 95.0 Å². The summed E-state index contributed by atoms with van der Waals surface area (Å²) in [5.74, 6) is -0.224. The zero-order chi connectivity index (χ0) is 12.0. The fourth-order valence-corrected chi connectivity index (χ4v) is 1.29. The molecule has 0 bridgehead atoms. The molecule has 16 heavy (non-hydrogen) atoms. The largest absolute Gasteiger partial charge is 0.383 e. The number of hydrogen-bond acceptors (Lipinski definition) is 4. The smallest absolute Gasteiger partial charge is 0.239 e. The SMILES string of the molecule is COCC(N)C(=O)NC(C)c1cccnc1. The average Bonchev–Trinajstić information content (AvgIpc) is 2.30. The predicted molar refractivity (Wildman–Crippen MR) is 60.6 cm³/mol. The van der Waals surface area contributed by atoms with Gasteiger partial charge in [0.25, 0.3) is 0 Å². The van der Waals surface area contributed by atoms with Crippen molar-refractivity contribution in [2.45, 2.75) is 19.0 Å². The number of hydrogen-bond donors (Lipinski definition) is 2. The summed E-state index contributed by atoms with van der Waals surface area (Å²) in [7, 11) is 1.51. The molecule has 1 rings (SSSR count). The van der Waals surface area contributed by atoms with Crippen molar-refractivity contribution in [3.05, 3.63) is 30.1 Å². The molecule has 0 aliphatic rings. The first kappa shape index (κ1) is 12.6. The number of aromatic nitrogens is 1. The Hall–Kier alpha value is -1.46. The minimum absolute atomic E-state index is 0.107. The summed E-state index contributed by atoms with van der Waals surface area (Å²) in [6, 6.07) is 2.99. The van der Waals surface area contributed by atoms with Gasteiger partial charge < -0.3 is 15.8 Å². The lowest BCUT2D eigenvalue weighted by Gasteiger charge is -2.17. The molecule has 0 aliphatic carbocycles. The minimum atomic E-state index is -0.635. The van der Waals surface area contributed by atoms with Gasteiger partial charge >= 0.3 is 0 Å². The van der Waals surface area contributed by atoms with Crippen LogP contribution in [-0.2, 0) is 9.53 Å². The van der Waals surface area contributed by atoms with E-state index < -0.39 is 6.04 Å². The topological polar surface area (TPSA) is 77.2 Å². The van der Waals surface area contributed by atoms with Crippen molar-refractivity contribution in [3.8, 4) is 0 Å². The van der Waals surface area contributed by atoms with E-state index in [2.05, 4.69) is 10.3 Å². The number of amides is 1. The predicted octanol–water partition coefficient (Wildman–Crippen LogP) is 0.233. The number of pyridine rings is 1. The Bertz CT molecular complexity index is 329. The standard InChI is InChI=1S/C11H17N3O2/c1-8(9-4-3-5-13-6-9)14-11(15)10(12)7-16-2/h3-6,8,10H,7,12H2,1-2H3,(H,14,15). The number of carbonyl (C=O) groups is 1. The van der Waals surface area contributed by atoms with Crippen molar-refractivity contribution in [1.82, 2.24) is 10.3 Å². The number of rotatable bonds is 5. The van der Waals surface area contributed by atoms with E-state index in [1.807, 2.05) is 19.1 Å². The van der Waals surface area contributed by atoms with Crippen LogP contribution < -0.4 is 11.1 Å². The second-order valence-corrected chi connectivity index (χ2v) is 3.58. The van der Waals surface area contributed by atoms with Gasteiger partial charge in [-0.15, -0.1) is 0 Å². The second-order valence-electron chi connectivity index (χ2n) is 3.58. The maximum Gasteiger partial charge on any atom is 0.239 e. The lowest BCUT2D eigenvalue weighted by Crippen LogP contribution is -2.44. The molecule has 0 aromatic carbocycles. The molecule has 0 fully saturated rings. The quantitative estimate of drug-likeness (QED) is 0.749. The average molecular weight is 223 g/mol. The van der Waals surface area contributed by atoms with E-state index in [0.29, 0.717) is 0 Å². The van der Waals surface area contributed by atoms with Crippen LogP contribution in [-0.4, -0.2) is 30.6 Å². The summed E-state index contributed by atoms with van der Waals surface area (Å²) in [4.78, 5) is 15.6. The van der Waals surface area contributed by atoms with Crippen LogP contribution in [0.25, 0.3) is 0 Å². The third-order valence-electron chi connectivity index (χ3n) is 2.23. The first-order valence-electron chi connectivity index (χ1n) is 5.10. The van der Waals surface area contributed by atoms with Gasteiger partial charge in [0, 0.05) is 19.5 Å². The molecule has 2 unspecified atom stereocenters. The molecule has 88 valence electrons. The fraction of sp³-hybridized carbons (Fsp3) is 0.455. The highest BCUT2D eigenvalue weighted by atomic mass is 16.5. The molecule has 0 spiro atoms. The normalized spacial score (nSPS) is 14.2. The van der Waals surface area contributed by atoms with Crippen molar-refractivity contribution < 1.29 is 9.53 Å². The van der Waals surface area contributed by atoms with Gasteiger partial charge in [-0.2, -0.15) is 0 Å². The van der Waals surface area contributed by atoms with E-state index in [9.17, 15) is 4.79 Å². The van der Waals surface area contributed by atoms with Gasteiger partial charge in [-0.1, -0.05) is 6.07 Å². The van der Waals surface area contributed by atoms with Crippen LogP contribution in [0.1, 0.15) is 18.5 Å². The number of nitrogens with two attached hydrogens (primary N) is 1. The summed E-state index contributed by atoms with van der Waals surface area (Å²) < 4.78 is 4.81. The zero-order valence-corrected chi connectivity index (χ0v) is 9.51. The summed E-state index contributed by atoms with van der Waals surface area (Å²) >= 11 is 0. The van der Waals surface area contributed by atoms with E-state index in [-0.39, 0.29) is 18.6 Å². The molecule has 0 saturated heterocycles. The molecular formula is C11H17N3O2. The van der Waals surface area contributed by atoms with Gasteiger partial charge in [-0.05, 0) is 18.6 Å². The van der Waals surface area contributed by atoms with Crippen LogP contribution in [0.4, 0.5) is 0 Å². The summed E-state index contributed by atoms with van der Waals surface area (Å²) in [6.07, 6.45) is 3.40. The molecule has 0 saturated carbocycles. The highest BCUT2D eigenvalue weighted by Gasteiger charge is 2.16. The van der Waals surface area contributed by atoms with Crippen molar-refractivity contribution in [1.29, 1.82) is 0 Å². The highest BCUT2D eigenvalue weighted by Crippen LogP contribution is 2.09. The number of carbonyl (C=O) groups excluding carboxylic acids is 1. The van der Waals surface area contributed by atoms with Gasteiger partial charge in [-0.3, -0.25) is 9.78 Å². The number of methoxy groups -OCH3 is 1. The lowest BCUT2D eigenvalue weighted by molar-refractivity contribution is -0.124. The molecule has 0 radical (unpaired) electrons. The number of nitrogens with one attached hydrogen (secondary N) is 1. The van der Waals surface area contributed by atoms with Gasteiger partial charge in [-0.25, -0.2) is 0 Å². The summed E-state index contributed by atoms with van der Waals surface area (Å²) in [5.41, 5.74) is 6.55. The van der Waals surface area contributed by atoms with Crippen molar-refractivity contribution >= 4 is 5.91 Å². The van der Waals surface area contributed by atoms with Crippen LogP contribution in [0.5, 0.6) is 0 Å². The molecule has 3 N–H and O–H groups in total. The molecule has 1 amide bonds. The highest BCUT2D eigenvalue weighted by molar-refractivity contribution is 5.82. The Morgan fingerprint density at radius 2 is 2.44 bits per heavy atom. The first-order chi connectivity index (χ1) is 7.65. The minimum Gasteiger partial charge on any atom is -0.383 e. The molecule has 2 atom stereocenters. The molecule has 5 nitrogen and oxygen atoms in total. The van der Waals surface area contributed by atoms with E-state index in [1.165, 1.54) is 7.11 Å². The van der Waals surface area contributed by atoms with E-state index in [1.54, 1.807) is 12.4 Å². The van der Waals surface area contributed by atoms with E-state index >= 15 is 0 Å². The maximum absolute atomic E-state index is 11.6. The molecular weight excluding hydrogens is 206 g/mol. The van der Waals surface area contributed by atoms with Crippen LogP contribution in [0.15, 0.2) is 24.5 Å². The third kappa shape index (κ3) is 3.60. The summed E-state index contributed by atoms with van der Waals surface area (Å²) in [6.45, 7) is 2.10. The molecule has 1 aromatic heterocycles. The zero-order valence-electron chi connectivity index (χ0n) is 9.51. The van der Waals surface area contributed by atoms with Gasteiger partial charge in [0.1, 0.15) is 6.04 Å². The van der Waals surface area contributed by atoms with Crippen LogP contribution >= 0.6 is 0 Å². The van der Waals surface area contributed by atoms with Crippen molar-refractivity contribution in [2.75, 3.05) is 13.7 Å². The Balaban J connectivity index is 2.51. The fourth-order valence-electron chi connectivity index (χ4n) is 1.29. The second kappa shape index (κ2) is 6.19. The molecule has 0 aliphatic heterocycles. The van der Waals surface area contributed by atoms with Crippen LogP contribution in [0.2, 0.25) is 0 Å². The first-order valence-corrected chi connectivity index (χ1v) is 5.10. The maximum atomic E-state index is 11.6.